The van der Waals surface area contributed by atoms with Gasteiger partial charge in [0.05, 0.1) is 44.8 Å². The number of aliphatic hydroxyl groups is 2. The molecular weight excluding hydrogens is 329 g/mol. The molecule has 2 rings (SSSR count). The average Bonchev–Trinajstić information content (AvgIpc) is 2.85. The minimum atomic E-state index is -0.299. The number of hydrogen-bond acceptors (Lipinski definition) is 3. The molecule has 25 heavy (non-hydrogen) atoms. The Labute approximate surface area is 154 Å². The van der Waals surface area contributed by atoms with Crippen molar-refractivity contribution >= 4 is 13.8 Å². The largest absolute Gasteiger partial charge is 0.392 e. The van der Waals surface area contributed by atoms with Crippen molar-refractivity contribution in [2.24, 2.45) is 0 Å². The van der Waals surface area contributed by atoms with Crippen molar-refractivity contribution < 1.29 is 10.2 Å². The van der Waals surface area contributed by atoms with Gasteiger partial charge < -0.3 is 10.2 Å². The maximum absolute atomic E-state index is 9.82. The van der Waals surface area contributed by atoms with E-state index in [1.54, 1.807) is 0 Å². The van der Waals surface area contributed by atoms with Crippen molar-refractivity contribution in [1.29, 1.82) is 0 Å². The Hall–Kier alpha value is -0.730. The van der Waals surface area contributed by atoms with Crippen LogP contribution in [0.3, 0.4) is 0 Å². The molecule has 0 amide bonds. The molecule has 0 fully saturated rings. The van der Waals surface area contributed by atoms with Gasteiger partial charge in [-0.15, -0.1) is 0 Å². The van der Waals surface area contributed by atoms with Crippen molar-refractivity contribution in [3.8, 4) is 0 Å². The average molecular weight is 364 g/mol. The number of aliphatic hydroxyl groups excluding tert-OH is 2. The summed E-state index contributed by atoms with van der Waals surface area (Å²) in [7, 11) is -0.299. The Morgan fingerprint density at radius 3 is 1.48 bits per heavy atom. The van der Waals surface area contributed by atoms with Gasteiger partial charge in [0.1, 0.15) is 0 Å². The van der Waals surface area contributed by atoms with Gasteiger partial charge >= 0.3 is 0 Å². The second-order valence-corrected chi connectivity index (χ2v) is 9.38. The second-order valence-electron chi connectivity index (χ2n) is 7.39. The molecule has 1 heterocycles. The van der Waals surface area contributed by atoms with Gasteiger partial charge in [0, 0.05) is 0 Å². The Kier molecular flexibility index (Phi) is 6.49. The highest BCUT2D eigenvalue weighted by Gasteiger charge is 2.56. The van der Waals surface area contributed by atoms with Gasteiger partial charge in [-0.25, -0.2) is 4.90 Å². The Balaban J connectivity index is 2.85. The lowest BCUT2D eigenvalue weighted by Gasteiger charge is -2.45. The third-order valence-electron chi connectivity index (χ3n) is 6.44. The van der Waals surface area contributed by atoms with Crippen LogP contribution in [0.5, 0.6) is 0 Å². The Morgan fingerprint density at radius 2 is 1.24 bits per heavy atom. The molecule has 2 N–H and O–H groups in total. The van der Waals surface area contributed by atoms with Gasteiger partial charge in [-0.2, -0.15) is 0 Å². The van der Waals surface area contributed by atoms with E-state index in [-0.39, 0.29) is 31.8 Å². The van der Waals surface area contributed by atoms with E-state index in [1.807, 2.05) is 0 Å². The van der Waals surface area contributed by atoms with Crippen LogP contribution >= 0.6 is 7.55 Å². The van der Waals surface area contributed by atoms with Crippen molar-refractivity contribution in [2.45, 2.75) is 77.7 Å². The molecule has 4 heteroatoms. The molecule has 0 saturated heterocycles. The van der Waals surface area contributed by atoms with Crippen molar-refractivity contribution in [3.05, 3.63) is 34.4 Å². The molecule has 1 unspecified atom stereocenters. The van der Waals surface area contributed by atoms with E-state index < -0.39 is 0 Å². The van der Waals surface area contributed by atoms with E-state index in [4.69, 9.17) is 0 Å². The summed E-state index contributed by atoms with van der Waals surface area (Å²) in [5, 5.41) is 19.6. The van der Waals surface area contributed by atoms with Crippen LogP contribution in [-0.2, 0) is 24.3 Å². The molecular formula is C21H35NO2P+. The Bertz CT molecular complexity index is 586. The first-order chi connectivity index (χ1) is 11.9. The molecule has 1 aromatic rings. The van der Waals surface area contributed by atoms with Crippen LogP contribution in [0, 0.1) is 0 Å². The van der Waals surface area contributed by atoms with Gasteiger partial charge in [0.2, 0.25) is 0 Å². The molecule has 0 bridgehead atoms. The van der Waals surface area contributed by atoms with Crippen LogP contribution < -0.4 is 0 Å². The Morgan fingerprint density at radius 1 is 0.880 bits per heavy atom. The molecule has 1 aliphatic heterocycles. The molecule has 1 atom stereocenters. The van der Waals surface area contributed by atoms with Crippen LogP contribution in [-0.4, -0.2) is 34.4 Å². The van der Waals surface area contributed by atoms with Crippen LogP contribution in [0.2, 0.25) is 0 Å². The highest BCUT2D eigenvalue weighted by atomic mass is 31.1. The van der Waals surface area contributed by atoms with Gasteiger partial charge in [-0.3, -0.25) is 0 Å². The zero-order valence-electron chi connectivity index (χ0n) is 16.6. The zero-order chi connectivity index (χ0) is 18.8. The smallest absolute Gasteiger partial charge is 0.160 e. The summed E-state index contributed by atoms with van der Waals surface area (Å²) < 4.78 is 0. The molecule has 0 spiro atoms. The minimum Gasteiger partial charge on any atom is -0.392 e. The fourth-order valence-electron chi connectivity index (χ4n) is 4.99. The summed E-state index contributed by atoms with van der Waals surface area (Å²) in [4.78, 5) is 2.73. The lowest BCUT2D eigenvalue weighted by atomic mass is 9.80. The first-order valence-corrected chi connectivity index (χ1v) is 11.7. The number of benzene rings is 1. The van der Waals surface area contributed by atoms with Gasteiger partial charge in [-0.1, -0.05) is 39.8 Å². The quantitative estimate of drug-likeness (QED) is 0.667. The topological polar surface area (TPSA) is 43.7 Å². The molecule has 3 nitrogen and oxygen atoms in total. The normalized spacial score (nSPS) is 19.1. The third kappa shape index (κ3) is 3.00. The van der Waals surface area contributed by atoms with E-state index in [9.17, 15) is 10.2 Å². The van der Waals surface area contributed by atoms with Gasteiger partial charge in [0.15, 0.2) is 6.29 Å². The summed E-state index contributed by atoms with van der Waals surface area (Å²) in [6, 6.07) is 4.35. The lowest BCUT2D eigenvalue weighted by Crippen LogP contribution is -2.50. The van der Waals surface area contributed by atoms with E-state index in [0.29, 0.717) is 0 Å². The molecule has 0 radical (unpaired) electrons. The number of hydrogen-bond donors (Lipinski definition) is 2. The standard InChI is InChI=1S/C21H35NO2P/c1-7-20(8-2)18-11-16(13-23)17(14-24)12-19(18)21(9-3,10-4)22(20)15-25(5)6/h11-12,23-24H,5,7-10,13-15H2,1-4,6H3/q+1. The SMILES string of the molecule is C=[P+](C)CN1C(CC)(CC)c2cc(CO)c(CO)cc2C1(CC)CC. The van der Waals surface area contributed by atoms with E-state index in [1.165, 1.54) is 11.1 Å². The summed E-state index contributed by atoms with van der Waals surface area (Å²) in [5.41, 5.74) is 4.44. The molecule has 1 aromatic carbocycles. The summed E-state index contributed by atoms with van der Waals surface area (Å²) in [6.45, 7) is 11.3. The monoisotopic (exact) mass is 364 g/mol. The van der Waals surface area contributed by atoms with E-state index >= 15 is 0 Å². The predicted octanol–water partition coefficient (Wildman–Crippen LogP) is 4.52. The zero-order valence-corrected chi connectivity index (χ0v) is 17.5. The van der Waals surface area contributed by atoms with E-state index in [2.05, 4.69) is 57.7 Å². The molecule has 0 saturated carbocycles. The van der Waals surface area contributed by atoms with Crippen molar-refractivity contribution in [1.82, 2.24) is 4.90 Å². The highest BCUT2D eigenvalue weighted by molar-refractivity contribution is 7.54. The highest BCUT2D eigenvalue weighted by Crippen LogP contribution is 2.57. The number of fused-ring (bicyclic) bond motifs is 1. The summed E-state index contributed by atoms with van der Waals surface area (Å²) >= 11 is 0. The first kappa shape index (κ1) is 20.6. The van der Waals surface area contributed by atoms with Gasteiger partial charge in [0.25, 0.3) is 0 Å². The fraction of sp³-hybridized carbons (Fsp3) is 0.667. The fourth-order valence-corrected chi connectivity index (χ4v) is 6.02. The molecule has 0 aromatic heterocycles. The molecule has 1 aliphatic rings. The first-order valence-electron chi connectivity index (χ1n) is 9.58. The second kappa shape index (κ2) is 7.88. The number of rotatable bonds is 8. The van der Waals surface area contributed by atoms with Crippen LogP contribution in [0.4, 0.5) is 0 Å². The summed E-state index contributed by atoms with van der Waals surface area (Å²) in [6.07, 6.45) is 9.55. The molecule has 0 aliphatic carbocycles. The van der Waals surface area contributed by atoms with Crippen molar-refractivity contribution in [2.75, 3.05) is 13.0 Å². The van der Waals surface area contributed by atoms with Crippen LogP contribution in [0.25, 0.3) is 0 Å². The number of nitrogens with zero attached hydrogens (tertiary/aromatic N) is 1. The predicted molar refractivity (Wildman–Crippen MR) is 109 cm³/mol. The third-order valence-corrected chi connectivity index (χ3v) is 7.20. The van der Waals surface area contributed by atoms with Crippen LogP contribution in [0.1, 0.15) is 75.6 Å². The minimum absolute atomic E-state index is 0.00641. The van der Waals surface area contributed by atoms with Crippen LogP contribution in [0.15, 0.2) is 12.1 Å². The molecule has 140 valence electrons. The maximum Gasteiger partial charge on any atom is 0.160 e. The lowest BCUT2D eigenvalue weighted by molar-refractivity contribution is 0.00388. The van der Waals surface area contributed by atoms with E-state index in [0.717, 1.165) is 43.1 Å². The van der Waals surface area contributed by atoms with Gasteiger partial charge in [-0.05, 0) is 47.9 Å². The maximum atomic E-state index is 9.82. The summed E-state index contributed by atoms with van der Waals surface area (Å²) in [5.74, 6) is 0. The van der Waals surface area contributed by atoms with Crippen molar-refractivity contribution in [3.63, 3.8) is 0 Å².